The van der Waals surface area contributed by atoms with Crippen molar-refractivity contribution >= 4 is 16.8 Å². The third-order valence-corrected chi connectivity index (χ3v) is 4.95. The fourth-order valence-electron chi connectivity index (χ4n) is 3.08. The van der Waals surface area contributed by atoms with Gasteiger partial charge >= 0.3 is 0 Å². The predicted octanol–water partition coefficient (Wildman–Crippen LogP) is 4.07. The first-order valence-corrected chi connectivity index (χ1v) is 8.43. The Morgan fingerprint density at radius 2 is 2.00 bits per heavy atom. The van der Waals surface area contributed by atoms with Crippen LogP contribution in [0, 0.1) is 12.8 Å². The standard InChI is InChI=1S/C19H26N2O2/c1-11(2)12(3)20-19(22)18-13(4)21(14-6-7-14)17-9-8-15(23-5)10-16(17)18/h8-12,14H,6-7H2,1-5H3,(H,20,22)/t12-/m0/s1. The number of fused-ring (bicyclic) bond motifs is 1. The maximum atomic E-state index is 12.9. The molecule has 0 bridgehead atoms. The Kier molecular flexibility index (Phi) is 4.09. The summed E-state index contributed by atoms with van der Waals surface area (Å²) in [5, 5.41) is 4.13. The molecule has 0 radical (unpaired) electrons. The summed E-state index contributed by atoms with van der Waals surface area (Å²) in [6.45, 7) is 8.35. The normalized spacial score (nSPS) is 15.9. The van der Waals surface area contributed by atoms with Gasteiger partial charge in [-0.25, -0.2) is 0 Å². The van der Waals surface area contributed by atoms with Crippen molar-refractivity contribution in [1.29, 1.82) is 0 Å². The molecule has 1 aromatic heterocycles. The number of ether oxygens (including phenoxy) is 1. The number of amides is 1. The fraction of sp³-hybridized carbons (Fsp3) is 0.526. The summed E-state index contributed by atoms with van der Waals surface area (Å²) in [7, 11) is 1.66. The number of nitrogens with zero attached hydrogens (tertiary/aromatic N) is 1. The molecule has 1 aliphatic carbocycles. The van der Waals surface area contributed by atoms with Gasteiger partial charge in [0.1, 0.15) is 5.75 Å². The lowest BCUT2D eigenvalue weighted by Crippen LogP contribution is -2.36. The van der Waals surface area contributed by atoms with Crippen molar-refractivity contribution in [2.75, 3.05) is 7.11 Å². The van der Waals surface area contributed by atoms with Crippen LogP contribution in [0.3, 0.4) is 0 Å². The zero-order chi connectivity index (χ0) is 16.7. The largest absolute Gasteiger partial charge is 0.497 e. The van der Waals surface area contributed by atoms with E-state index in [4.69, 9.17) is 4.74 Å². The molecule has 0 unspecified atom stereocenters. The van der Waals surface area contributed by atoms with E-state index in [2.05, 4.69) is 43.6 Å². The van der Waals surface area contributed by atoms with Crippen LogP contribution < -0.4 is 10.1 Å². The first-order chi connectivity index (χ1) is 10.9. The summed E-state index contributed by atoms with van der Waals surface area (Å²) >= 11 is 0. The summed E-state index contributed by atoms with van der Waals surface area (Å²) in [6.07, 6.45) is 2.39. The van der Waals surface area contributed by atoms with Crippen LogP contribution in [0.25, 0.3) is 10.9 Å². The molecule has 4 heteroatoms. The van der Waals surface area contributed by atoms with E-state index in [0.29, 0.717) is 12.0 Å². The van der Waals surface area contributed by atoms with Crippen LogP contribution in [0.4, 0.5) is 0 Å². The van der Waals surface area contributed by atoms with Crippen molar-refractivity contribution in [3.63, 3.8) is 0 Å². The quantitative estimate of drug-likeness (QED) is 0.904. The monoisotopic (exact) mass is 314 g/mol. The molecule has 3 rings (SSSR count). The molecule has 4 nitrogen and oxygen atoms in total. The fourth-order valence-corrected chi connectivity index (χ4v) is 3.08. The van der Waals surface area contributed by atoms with Gasteiger partial charge in [0.05, 0.1) is 12.7 Å². The maximum Gasteiger partial charge on any atom is 0.253 e. The third kappa shape index (κ3) is 2.82. The van der Waals surface area contributed by atoms with Crippen LogP contribution in [-0.4, -0.2) is 23.6 Å². The van der Waals surface area contributed by atoms with E-state index in [9.17, 15) is 4.79 Å². The second-order valence-electron chi connectivity index (χ2n) is 6.95. The molecular weight excluding hydrogens is 288 g/mol. The highest BCUT2D eigenvalue weighted by atomic mass is 16.5. The molecule has 1 N–H and O–H groups in total. The third-order valence-electron chi connectivity index (χ3n) is 4.95. The molecule has 2 aromatic rings. The zero-order valence-corrected chi connectivity index (χ0v) is 14.6. The Balaban J connectivity index is 2.10. The topological polar surface area (TPSA) is 43.3 Å². The lowest BCUT2D eigenvalue weighted by Gasteiger charge is -2.17. The van der Waals surface area contributed by atoms with Gasteiger partial charge in [0.15, 0.2) is 0 Å². The molecule has 1 atom stereocenters. The second-order valence-corrected chi connectivity index (χ2v) is 6.95. The van der Waals surface area contributed by atoms with Gasteiger partial charge in [-0.15, -0.1) is 0 Å². The molecule has 23 heavy (non-hydrogen) atoms. The van der Waals surface area contributed by atoms with Crippen LogP contribution in [0.2, 0.25) is 0 Å². The number of carbonyl (C=O) groups excluding carboxylic acids is 1. The van der Waals surface area contributed by atoms with Crippen LogP contribution in [0.1, 0.15) is 55.7 Å². The number of carbonyl (C=O) groups is 1. The highest BCUT2D eigenvalue weighted by Crippen LogP contribution is 2.41. The van der Waals surface area contributed by atoms with Gasteiger partial charge in [-0.1, -0.05) is 13.8 Å². The second kappa shape index (κ2) is 5.91. The van der Waals surface area contributed by atoms with E-state index in [0.717, 1.165) is 27.9 Å². The van der Waals surface area contributed by atoms with Gasteiger partial charge in [-0.2, -0.15) is 0 Å². The van der Waals surface area contributed by atoms with E-state index in [1.165, 1.54) is 12.8 Å². The average molecular weight is 314 g/mol. The molecular formula is C19H26N2O2. The van der Waals surface area contributed by atoms with Crippen LogP contribution in [0.15, 0.2) is 18.2 Å². The lowest BCUT2D eigenvalue weighted by atomic mass is 10.0. The number of hydrogen-bond acceptors (Lipinski definition) is 2. The average Bonchev–Trinajstić information content (AvgIpc) is 3.29. The first kappa shape index (κ1) is 15.9. The molecule has 0 saturated heterocycles. The number of benzene rings is 1. The highest BCUT2D eigenvalue weighted by molar-refractivity contribution is 6.09. The number of aromatic nitrogens is 1. The van der Waals surface area contributed by atoms with Crippen molar-refractivity contribution < 1.29 is 9.53 Å². The van der Waals surface area contributed by atoms with Gasteiger partial charge in [0.2, 0.25) is 0 Å². The smallest absolute Gasteiger partial charge is 0.253 e. The molecule has 0 spiro atoms. The van der Waals surface area contributed by atoms with Crippen LogP contribution >= 0.6 is 0 Å². The van der Waals surface area contributed by atoms with Gasteiger partial charge < -0.3 is 14.6 Å². The Hall–Kier alpha value is -1.97. The highest BCUT2D eigenvalue weighted by Gasteiger charge is 2.30. The number of methoxy groups -OCH3 is 1. The Bertz CT molecular complexity index is 741. The van der Waals surface area contributed by atoms with E-state index < -0.39 is 0 Å². The van der Waals surface area contributed by atoms with E-state index in [1.54, 1.807) is 7.11 Å². The van der Waals surface area contributed by atoms with Crippen molar-refractivity contribution in [3.05, 3.63) is 29.5 Å². The molecule has 1 fully saturated rings. The molecule has 1 amide bonds. The molecule has 1 saturated carbocycles. The molecule has 124 valence electrons. The molecule has 1 aliphatic rings. The summed E-state index contributed by atoms with van der Waals surface area (Å²) in [5.74, 6) is 1.21. The minimum atomic E-state index is 0.0151. The maximum absolute atomic E-state index is 12.9. The van der Waals surface area contributed by atoms with E-state index >= 15 is 0 Å². The lowest BCUT2D eigenvalue weighted by molar-refractivity contribution is 0.0931. The molecule has 1 aromatic carbocycles. The summed E-state index contributed by atoms with van der Waals surface area (Å²) in [4.78, 5) is 12.9. The number of rotatable bonds is 5. The van der Waals surface area contributed by atoms with E-state index in [1.807, 2.05) is 12.1 Å². The number of nitrogens with one attached hydrogen (secondary N) is 1. The van der Waals surface area contributed by atoms with Gasteiger partial charge in [-0.3, -0.25) is 4.79 Å². The van der Waals surface area contributed by atoms with Crippen molar-refractivity contribution in [2.24, 2.45) is 5.92 Å². The van der Waals surface area contributed by atoms with Gasteiger partial charge in [-0.05, 0) is 50.8 Å². The Morgan fingerprint density at radius 1 is 1.30 bits per heavy atom. The summed E-state index contributed by atoms with van der Waals surface area (Å²) in [5.41, 5.74) is 2.98. The minimum Gasteiger partial charge on any atom is -0.497 e. The predicted molar refractivity (Wildman–Crippen MR) is 93.3 cm³/mol. The van der Waals surface area contributed by atoms with Crippen molar-refractivity contribution in [1.82, 2.24) is 9.88 Å². The van der Waals surface area contributed by atoms with Crippen molar-refractivity contribution in [3.8, 4) is 5.75 Å². The van der Waals surface area contributed by atoms with Crippen LogP contribution in [0.5, 0.6) is 5.75 Å². The molecule has 0 aliphatic heterocycles. The summed E-state index contributed by atoms with van der Waals surface area (Å²) in [6, 6.07) is 6.71. The Morgan fingerprint density at radius 3 is 2.57 bits per heavy atom. The SMILES string of the molecule is COc1ccc2c(c1)c(C(=O)N[C@@H](C)C(C)C)c(C)n2C1CC1. The number of hydrogen-bond donors (Lipinski definition) is 1. The van der Waals surface area contributed by atoms with Crippen molar-refractivity contribution in [2.45, 2.75) is 52.6 Å². The first-order valence-electron chi connectivity index (χ1n) is 8.43. The summed E-state index contributed by atoms with van der Waals surface area (Å²) < 4.78 is 7.68. The molecule has 1 heterocycles. The van der Waals surface area contributed by atoms with Crippen LogP contribution in [-0.2, 0) is 0 Å². The van der Waals surface area contributed by atoms with E-state index in [-0.39, 0.29) is 11.9 Å². The van der Waals surface area contributed by atoms with Gasteiger partial charge in [0, 0.05) is 28.7 Å². The Labute approximate surface area is 137 Å². The zero-order valence-electron chi connectivity index (χ0n) is 14.6. The van der Waals surface area contributed by atoms with Gasteiger partial charge in [0.25, 0.3) is 5.91 Å². The minimum absolute atomic E-state index is 0.0151.